The Morgan fingerprint density at radius 3 is 2.90 bits per heavy atom. The standard InChI is InChI=1S/C22H20N6OS/c23-14-28-12-15-6-8-22(15,13-28)27-20(29)21-25-11-19(30-21)17-10-24-9-7-18(17)26-16-4-2-1-3-5-16/h1-5,7,9-11,15H,6,8,12-13H2,(H,24,26)(H,27,29)/t15?,22-/m0/s1. The molecule has 1 amide bonds. The predicted octanol–water partition coefficient (Wildman–Crippen LogP) is 3.62. The van der Waals surface area contributed by atoms with E-state index >= 15 is 0 Å². The number of aromatic nitrogens is 2. The number of hydrogen-bond acceptors (Lipinski definition) is 7. The van der Waals surface area contributed by atoms with Crippen LogP contribution in [0.15, 0.2) is 55.0 Å². The van der Waals surface area contributed by atoms with Crippen LogP contribution in [0.25, 0.3) is 10.4 Å². The quantitative estimate of drug-likeness (QED) is 0.617. The highest BCUT2D eigenvalue weighted by Crippen LogP contribution is 2.44. The van der Waals surface area contributed by atoms with Crippen molar-refractivity contribution in [3.8, 4) is 16.6 Å². The maximum Gasteiger partial charge on any atom is 0.280 e. The molecule has 150 valence electrons. The van der Waals surface area contributed by atoms with Crippen LogP contribution in [0.4, 0.5) is 11.4 Å². The van der Waals surface area contributed by atoms with Gasteiger partial charge in [0, 0.05) is 42.3 Å². The lowest BCUT2D eigenvalue weighted by molar-refractivity contribution is 0.0762. The predicted molar refractivity (Wildman–Crippen MR) is 115 cm³/mol. The van der Waals surface area contributed by atoms with Crippen LogP contribution in [0.5, 0.6) is 0 Å². The normalized spacial score (nSPS) is 22.0. The molecule has 2 atom stereocenters. The van der Waals surface area contributed by atoms with Crippen molar-refractivity contribution in [3.05, 3.63) is 60.0 Å². The van der Waals surface area contributed by atoms with Gasteiger partial charge in [-0.3, -0.25) is 9.78 Å². The number of para-hydroxylation sites is 1. The number of carbonyl (C=O) groups excluding carboxylic acids is 1. The van der Waals surface area contributed by atoms with E-state index in [1.165, 1.54) is 11.3 Å². The summed E-state index contributed by atoms with van der Waals surface area (Å²) in [6.45, 7) is 1.32. The molecule has 5 rings (SSSR count). The van der Waals surface area contributed by atoms with E-state index in [1.54, 1.807) is 23.5 Å². The fourth-order valence-electron chi connectivity index (χ4n) is 4.28. The number of carbonyl (C=O) groups is 1. The Morgan fingerprint density at radius 2 is 2.13 bits per heavy atom. The number of thiazole rings is 1. The molecule has 3 aromatic rings. The van der Waals surface area contributed by atoms with Gasteiger partial charge in [-0.1, -0.05) is 18.2 Å². The van der Waals surface area contributed by atoms with Crippen molar-refractivity contribution < 1.29 is 4.79 Å². The molecule has 0 bridgehead atoms. The van der Waals surface area contributed by atoms with Crippen molar-refractivity contribution >= 4 is 28.6 Å². The minimum atomic E-state index is -0.285. The van der Waals surface area contributed by atoms with E-state index in [0.29, 0.717) is 17.5 Å². The maximum atomic E-state index is 12.9. The number of benzene rings is 1. The molecule has 2 N–H and O–H groups in total. The molecular weight excluding hydrogens is 396 g/mol. The zero-order valence-electron chi connectivity index (χ0n) is 16.2. The van der Waals surface area contributed by atoms with Crippen molar-refractivity contribution in [1.29, 1.82) is 5.26 Å². The Hall–Kier alpha value is -3.44. The van der Waals surface area contributed by atoms with Gasteiger partial charge in [-0.05, 0) is 31.0 Å². The summed E-state index contributed by atoms with van der Waals surface area (Å²) >= 11 is 1.35. The highest BCUT2D eigenvalue weighted by atomic mass is 32.1. The van der Waals surface area contributed by atoms with Crippen molar-refractivity contribution in [1.82, 2.24) is 20.2 Å². The Morgan fingerprint density at radius 1 is 1.27 bits per heavy atom. The molecule has 1 saturated heterocycles. The van der Waals surface area contributed by atoms with E-state index in [9.17, 15) is 10.1 Å². The van der Waals surface area contributed by atoms with Crippen molar-refractivity contribution in [2.45, 2.75) is 18.4 Å². The fraction of sp³-hybridized carbons (Fsp3) is 0.273. The first-order valence-electron chi connectivity index (χ1n) is 9.86. The second kappa shape index (κ2) is 7.43. The molecule has 8 heteroatoms. The summed E-state index contributed by atoms with van der Waals surface area (Å²) in [7, 11) is 0. The molecule has 2 aromatic heterocycles. The Bertz CT molecular complexity index is 1120. The van der Waals surface area contributed by atoms with Crippen LogP contribution in [-0.4, -0.2) is 39.4 Å². The van der Waals surface area contributed by atoms with Gasteiger partial charge in [0.05, 0.1) is 22.6 Å². The first-order chi connectivity index (χ1) is 14.7. The van der Waals surface area contributed by atoms with Gasteiger partial charge in [0.25, 0.3) is 5.91 Å². The lowest BCUT2D eigenvalue weighted by Gasteiger charge is -2.44. The number of anilines is 2. The van der Waals surface area contributed by atoms with E-state index in [2.05, 4.69) is 26.8 Å². The topological polar surface area (TPSA) is 93.9 Å². The average molecular weight is 417 g/mol. The Kier molecular flexibility index (Phi) is 4.60. The van der Waals surface area contributed by atoms with Crippen molar-refractivity contribution in [2.24, 2.45) is 5.92 Å². The zero-order valence-corrected chi connectivity index (χ0v) is 17.0. The summed E-state index contributed by atoms with van der Waals surface area (Å²) in [5.41, 5.74) is 2.50. The van der Waals surface area contributed by atoms with Crippen LogP contribution < -0.4 is 10.6 Å². The van der Waals surface area contributed by atoms with E-state index in [-0.39, 0.29) is 11.4 Å². The monoisotopic (exact) mass is 416 g/mol. The van der Waals surface area contributed by atoms with Gasteiger partial charge in [-0.15, -0.1) is 11.3 Å². The van der Waals surface area contributed by atoms with E-state index < -0.39 is 0 Å². The third-order valence-corrected chi connectivity index (χ3v) is 7.01. The smallest absolute Gasteiger partial charge is 0.280 e. The number of pyridine rings is 1. The largest absolute Gasteiger partial charge is 0.355 e. The van der Waals surface area contributed by atoms with Crippen LogP contribution in [0, 0.1) is 17.4 Å². The number of rotatable bonds is 5. The average Bonchev–Trinajstić information content (AvgIpc) is 3.34. The van der Waals surface area contributed by atoms with Gasteiger partial charge in [0.15, 0.2) is 11.2 Å². The van der Waals surface area contributed by atoms with Gasteiger partial charge >= 0.3 is 0 Å². The van der Waals surface area contributed by atoms with E-state index in [1.807, 2.05) is 36.4 Å². The van der Waals surface area contributed by atoms with Crippen LogP contribution in [0.1, 0.15) is 22.6 Å². The summed E-state index contributed by atoms with van der Waals surface area (Å²) in [6.07, 6.45) is 9.41. The van der Waals surface area contributed by atoms with Gasteiger partial charge in [-0.2, -0.15) is 5.26 Å². The number of nitriles is 1. The molecule has 1 unspecified atom stereocenters. The second-order valence-corrected chi connectivity index (χ2v) is 8.80. The molecular formula is C22H20N6OS. The molecule has 30 heavy (non-hydrogen) atoms. The summed E-state index contributed by atoms with van der Waals surface area (Å²) in [5, 5.41) is 16.2. The molecule has 1 saturated carbocycles. The van der Waals surface area contributed by atoms with Crippen LogP contribution in [-0.2, 0) is 0 Å². The first kappa shape index (κ1) is 18.6. The molecule has 3 heterocycles. The lowest BCUT2D eigenvalue weighted by Crippen LogP contribution is -2.60. The molecule has 0 radical (unpaired) electrons. The van der Waals surface area contributed by atoms with Crippen molar-refractivity contribution in [3.63, 3.8) is 0 Å². The van der Waals surface area contributed by atoms with Gasteiger partial charge < -0.3 is 15.5 Å². The summed E-state index contributed by atoms with van der Waals surface area (Å²) in [5.74, 6) is 0.178. The summed E-state index contributed by atoms with van der Waals surface area (Å²) in [6, 6.07) is 11.8. The van der Waals surface area contributed by atoms with Gasteiger partial charge in [0.2, 0.25) is 0 Å². The van der Waals surface area contributed by atoms with Crippen LogP contribution in [0.3, 0.4) is 0 Å². The molecule has 1 aromatic carbocycles. The third kappa shape index (κ3) is 3.27. The number of fused-ring (bicyclic) bond motifs is 1. The van der Waals surface area contributed by atoms with Crippen LogP contribution >= 0.6 is 11.3 Å². The first-order valence-corrected chi connectivity index (χ1v) is 10.7. The highest BCUT2D eigenvalue weighted by molar-refractivity contribution is 7.17. The molecule has 7 nitrogen and oxygen atoms in total. The summed E-state index contributed by atoms with van der Waals surface area (Å²) in [4.78, 5) is 24.1. The summed E-state index contributed by atoms with van der Waals surface area (Å²) < 4.78 is 0. The minimum absolute atomic E-state index is 0.169. The molecule has 2 fully saturated rings. The number of likely N-dealkylation sites (tertiary alicyclic amines) is 1. The molecule has 0 spiro atoms. The second-order valence-electron chi connectivity index (χ2n) is 7.77. The Balaban J connectivity index is 1.35. The fourth-order valence-corrected chi connectivity index (χ4v) is 5.12. The SMILES string of the molecule is N#CN1CC2CC[C@]2(NC(=O)c2ncc(-c3cnccc3Nc3ccccc3)s2)C1. The molecule has 2 aliphatic rings. The number of hydrogen-bond donors (Lipinski definition) is 2. The van der Waals surface area contributed by atoms with Gasteiger partial charge in [-0.25, -0.2) is 4.98 Å². The van der Waals surface area contributed by atoms with E-state index in [0.717, 1.165) is 41.2 Å². The lowest BCUT2D eigenvalue weighted by atomic mass is 9.69. The van der Waals surface area contributed by atoms with Crippen LogP contribution in [0.2, 0.25) is 0 Å². The zero-order chi connectivity index (χ0) is 20.6. The molecule has 1 aliphatic heterocycles. The number of nitrogens with zero attached hydrogens (tertiary/aromatic N) is 4. The minimum Gasteiger partial charge on any atom is -0.355 e. The van der Waals surface area contributed by atoms with Crippen molar-refractivity contribution in [2.75, 3.05) is 18.4 Å². The Labute approximate surface area is 178 Å². The van der Waals surface area contributed by atoms with E-state index in [4.69, 9.17) is 0 Å². The molecule has 1 aliphatic carbocycles. The maximum absolute atomic E-state index is 12.9. The number of nitrogens with one attached hydrogen (secondary N) is 2. The van der Waals surface area contributed by atoms with Gasteiger partial charge in [0.1, 0.15) is 0 Å². The number of amides is 1. The highest BCUT2D eigenvalue weighted by Gasteiger charge is 2.54. The third-order valence-electron chi connectivity index (χ3n) is 5.98.